The van der Waals surface area contributed by atoms with Crippen LogP contribution in [0, 0.1) is 0 Å². The molecule has 0 spiro atoms. The van der Waals surface area contributed by atoms with Crippen molar-refractivity contribution in [3.63, 3.8) is 0 Å². The van der Waals surface area contributed by atoms with Crippen LogP contribution in [-0.2, 0) is 6.42 Å². The third-order valence-corrected chi connectivity index (χ3v) is 4.13. The fourth-order valence-corrected chi connectivity index (χ4v) is 3.36. The number of rotatable bonds is 3. The van der Waals surface area contributed by atoms with Gasteiger partial charge in [0, 0.05) is 25.4 Å². The molecule has 2 aromatic rings. The summed E-state index contributed by atoms with van der Waals surface area (Å²) in [6.45, 7) is 0. The molecule has 0 saturated heterocycles. The molecule has 0 aromatic heterocycles. The van der Waals surface area contributed by atoms with Crippen LogP contribution >= 0.6 is 47.8 Å². The van der Waals surface area contributed by atoms with Crippen molar-refractivity contribution in [2.75, 3.05) is 0 Å². The van der Waals surface area contributed by atoms with Gasteiger partial charge in [0.2, 0.25) is 0 Å². The summed E-state index contributed by atoms with van der Waals surface area (Å²) >= 11 is 10.2. The average Bonchev–Trinajstić information content (AvgIpc) is 2.28. The first kappa shape index (κ1) is 14.0. The number of hydrogen-bond donors (Lipinski definition) is 0. The maximum atomic E-state index is 12.2. The number of benzene rings is 2. The van der Waals surface area contributed by atoms with E-state index >= 15 is 0 Å². The van der Waals surface area contributed by atoms with Gasteiger partial charge in [-0.3, -0.25) is 4.79 Å². The fourth-order valence-electron chi connectivity index (χ4n) is 1.64. The number of halogens is 3. The third kappa shape index (κ3) is 3.53. The molecule has 0 aliphatic carbocycles. The minimum absolute atomic E-state index is 0.104. The molecule has 4 heteroatoms. The van der Waals surface area contributed by atoms with E-state index in [0.717, 1.165) is 19.0 Å². The average molecular weight is 433 g/mol. The standard InChI is InChI=1S/C14H9Br3O/c15-10-3-1-2-9(6-10)7-14(18)12-5-4-11(16)8-13(12)17/h1-6,8H,7H2. The Bertz CT molecular complexity index is 593. The smallest absolute Gasteiger partial charge is 0.168 e. The lowest BCUT2D eigenvalue weighted by atomic mass is 10.0. The van der Waals surface area contributed by atoms with E-state index in [1.807, 2.05) is 42.5 Å². The quantitative estimate of drug-likeness (QED) is 0.593. The third-order valence-electron chi connectivity index (χ3n) is 2.49. The van der Waals surface area contributed by atoms with Gasteiger partial charge in [-0.05, 0) is 35.9 Å². The molecule has 0 heterocycles. The molecule has 0 bridgehead atoms. The van der Waals surface area contributed by atoms with Crippen LogP contribution in [0.4, 0.5) is 0 Å². The molecular formula is C14H9Br3O. The van der Waals surface area contributed by atoms with Gasteiger partial charge in [0.25, 0.3) is 0 Å². The summed E-state index contributed by atoms with van der Waals surface area (Å²) in [5, 5.41) is 0. The van der Waals surface area contributed by atoms with E-state index in [4.69, 9.17) is 0 Å². The summed E-state index contributed by atoms with van der Waals surface area (Å²) in [6, 6.07) is 13.4. The molecule has 0 aliphatic heterocycles. The number of ketones is 1. The second-order valence-electron chi connectivity index (χ2n) is 3.85. The zero-order chi connectivity index (χ0) is 13.1. The van der Waals surface area contributed by atoms with Gasteiger partial charge in [0.05, 0.1) is 0 Å². The summed E-state index contributed by atoms with van der Waals surface area (Å²) in [7, 11) is 0. The lowest BCUT2D eigenvalue weighted by Crippen LogP contribution is -2.04. The van der Waals surface area contributed by atoms with E-state index < -0.39 is 0 Å². The lowest BCUT2D eigenvalue weighted by Gasteiger charge is -2.05. The summed E-state index contributed by atoms with van der Waals surface area (Å²) in [5.41, 5.74) is 1.71. The molecule has 92 valence electrons. The summed E-state index contributed by atoms with van der Waals surface area (Å²) in [4.78, 5) is 12.2. The van der Waals surface area contributed by atoms with Gasteiger partial charge in [-0.1, -0.05) is 59.9 Å². The monoisotopic (exact) mass is 430 g/mol. The van der Waals surface area contributed by atoms with Crippen LogP contribution in [0.1, 0.15) is 15.9 Å². The van der Waals surface area contributed by atoms with Crippen LogP contribution in [0.15, 0.2) is 55.9 Å². The molecule has 0 saturated carbocycles. The highest BCUT2D eigenvalue weighted by atomic mass is 79.9. The Morgan fingerprint density at radius 2 is 1.67 bits per heavy atom. The van der Waals surface area contributed by atoms with Crippen molar-refractivity contribution in [2.45, 2.75) is 6.42 Å². The first-order valence-electron chi connectivity index (χ1n) is 5.29. The minimum atomic E-state index is 0.104. The first-order valence-corrected chi connectivity index (χ1v) is 7.67. The van der Waals surface area contributed by atoms with Crippen molar-refractivity contribution in [1.82, 2.24) is 0 Å². The van der Waals surface area contributed by atoms with Crippen molar-refractivity contribution in [3.05, 3.63) is 67.0 Å². The number of carbonyl (C=O) groups is 1. The zero-order valence-corrected chi connectivity index (χ0v) is 14.0. The first-order chi connectivity index (χ1) is 8.56. The Hall–Kier alpha value is -0.450. The zero-order valence-electron chi connectivity index (χ0n) is 9.29. The molecule has 0 aliphatic rings. The van der Waals surface area contributed by atoms with Crippen molar-refractivity contribution in [1.29, 1.82) is 0 Å². The van der Waals surface area contributed by atoms with E-state index in [1.165, 1.54) is 0 Å². The molecule has 0 atom stereocenters. The Morgan fingerprint density at radius 1 is 0.944 bits per heavy atom. The largest absolute Gasteiger partial charge is 0.294 e. The van der Waals surface area contributed by atoms with E-state index in [-0.39, 0.29) is 5.78 Å². The predicted octanol–water partition coefficient (Wildman–Crippen LogP) is 5.40. The molecule has 18 heavy (non-hydrogen) atoms. The summed E-state index contributed by atoms with van der Waals surface area (Å²) < 4.78 is 2.76. The SMILES string of the molecule is O=C(Cc1cccc(Br)c1)c1ccc(Br)cc1Br. The van der Waals surface area contributed by atoms with Gasteiger partial charge in [-0.15, -0.1) is 0 Å². The predicted molar refractivity (Wildman–Crippen MR) is 84.0 cm³/mol. The van der Waals surface area contributed by atoms with Crippen LogP contribution in [0.2, 0.25) is 0 Å². The highest BCUT2D eigenvalue weighted by molar-refractivity contribution is 9.11. The van der Waals surface area contributed by atoms with Gasteiger partial charge in [0.15, 0.2) is 5.78 Å². The summed E-state index contributed by atoms with van der Waals surface area (Å²) in [6.07, 6.45) is 0.402. The Labute approximate surface area is 131 Å². The van der Waals surface area contributed by atoms with Crippen molar-refractivity contribution in [3.8, 4) is 0 Å². The molecule has 0 amide bonds. The number of carbonyl (C=O) groups excluding carboxylic acids is 1. The molecule has 0 fully saturated rings. The molecule has 0 N–H and O–H groups in total. The lowest BCUT2D eigenvalue weighted by molar-refractivity contribution is 0.0992. The maximum Gasteiger partial charge on any atom is 0.168 e. The van der Waals surface area contributed by atoms with E-state index in [0.29, 0.717) is 12.0 Å². The van der Waals surface area contributed by atoms with Gasteiger partial charge in [0.1, 0.15) is 0 Å². The fraction of sp³-hybridized carbons (Fsp3) is 0.0714. The van der Waals surface area contributed by atoms with Gasteiger partial charge >= 0.3 is 0 Å². The van der Waals surface area contributed by atoms with Crippen LogP contribution < -0.4 is 0 Å². The second-order valence-corrected chi connectivity index (χ2v) is 6.54. The molecular weight excluding hydrogens is 424 g/mol. The molecule has 2 aromatic carbocycles. The maximum absolute atomic E-state index is 12.2. The van der Waals surface area contributed by atoms with Crippen LogP contribution in [0.25, 0.3) is 0 Å². The topological polar surface area (TPSA) is 17.1 Å². The molecule has 0 radical (unpaired) electrons. The van der Waals surface area contributed by atoms with E-state index in [2.05, 4.69) is 47.8 Å². The summed E-state index contributed by atoms with van der Waals surface area (Å²) in [5.74, 6) is 0.104. The van der Waals surface area contributed by atoms with Gasteiger partial charge < -0.3 is 0 Å². The normalized spacial score (nSPS) is 10.4. The molecule has 2 rings (SSSR count). The number of hydrogen-bond acceptors (Lipinski definition) is 1. The van der Waals surface area contributed by atoms with E-state index in [1.54, 1.807) is 0 Å². The Kier molecular flexibility index (Phi) is 4.76. The highest BCUT2D eigenvalue weighted by Crippen LogP contribution is 2.23. The van der Waals surface area contributed by atoms with Crippen LogP contribution in [0.5, 0.6) is 0 Å². The molecule has 1 nitrogen and oxygen atoms in total. The van der Waals surface area contributed by atoms with Crippen molar-refractivity contribution < 1.29 is 4.79 Å². The Morgan fingerprint density at radius 3 is 2.33 bits per heavy atom. The number of Topliss-reactive ketones (excluding diaryl/α,β-unsaturated/α-hetero) is 1. The second kappa shape index (κ2) is 6.13. The van der Waals surface area contributed by atoms with Crippen LogP contribution in [-0.4, -0.2) is 5.78 Å². The van der Waals surface area contributed by atoms with Crippen LogP contribution in [0.3, 0.4) is 0 Å². The minimum Gasteiger partial charge on any atom is -0.294 e. The Balaban J connectivity index is 2.22. The highest BCUT2D eigenvalue weighted by Gasteiger charge is 2.11. The van der Waals surface area contributed by atoms with Crippen molar-refractivity contribution in [2.24, 2.45) is 0 Å². The van der Waals surface area contributed by atoms with Gasteiger partial charge in [-0.2, -0.15) is 0 Å². The van der Waals surface area contributed by atoms with Gasteiger partial charge in [-0.25, -0.2) is 0 Å². The molecule has 0 unspecified atom stereocenters. The van der Waals surface area contributed by atoms with Crippen molar-refractivity contribution >= 4 is 53.6 Å². The van der Waals surface area contributed by atoms with E-state index in [9.17, 15) is 4.79 Å².